The van der Waals surface area contributed by atoms with Crippen LogP contribution in [0.4, 0.5) is 0 Å². The molecule has 0 bridgehead atoms. The topological polar surface area (TPSA) is 89.9 Å². The number of ketones is 2. The van der Waals surface area contributed by atoms with Crippen LogP contribution in [0.25, 0.3) is 0 Å². The first-order valence-corrected chi connectivity index (χ1v) is 15.6. The summed E-state index contributed by atoms with van der Waals surface area (Å²) in [4.78, 5) is 36.6. The highest BCUT2D eigenvalue weighted by atomic mass is 28.4. The van der Waals surface area contributed by atoms with Gasteiger partial charge in [-0.1, -0.05) is 25.5 Å². The summed E-state index contributed by atoms with van der Waals surface area (Å²) in [7, 11) is -1.95. The SMILES string of the molecule is CC(=O)OCC(=O)C1(O)CCC2C3CCC4=CC(=O)C=CC4(C)C3C(O[Si](C)(C)C)CC21C. The molecule has 0 amide bonds. The fraction of sp³-hybridized carbons (Fsp3) is 0.731. The van der Waals surface area contributed by atoms with Crippen molar-refractivity contribution in [3.05, 3.63) is 23.8 Å². The van der Waals surface area contributed by atoms with E-state index in [0.717, 1.165) is 19.3 Å². The average molecular weight is 475 g/mol. The summed E-state index contributed by atoms with van der Waals surface area (Å²) in [6.45, 7) is 11.7. The zero-order valence-electron chi connectivity index (χ0n) is 20.8. The first kappa shape index (κ1) is 24.5. The van der Waals surface area contributed by atoms with Crippen molar-refractivity contribution in [1.29, 1.82) is 0 Å². The molecule has 6 nitrogen and oxygen atoms in total. The minimum Gasteiger partial charge on any atom is -0.458 e. The van der Waals surface area contributed by atoms with E-state index in [1.54, 1.807) is 6.08 Å². The maximum absolute atomic E-state index is 13.2. The fourth-order valence-corrected chi connectivity index (χ4v) is 8.74. The Hall–Kier alpha value is -1.57. The largest absolute Gasteiger partial charge is 0.458 e. The quantitative estimate of drug-likeness (QED) is 0.479. The van der Waals surface area contributed by atoms with E-state index < -0.39 is 37.7 Å². The second kappa shape index (κ2) is 7.99. The lowest BCUT2D eigenvalue weighted by Crippen LogP contribution is -2.63. The van der Waals surface area contributed by atoms with Gasteiger partial charge in [0.1, 0.15) is 5.60 Å². The molecule has 0 saturated heterocycles. The summed E-state index contributed by atoms with van der Waals surface area (Å²) in [5.74, 6) is -0.236. The van der Waals surface area contributed by atoms with Gasteiger partial charge in [0.25, 0.3) is 0 Å². The summed E-state index contributed by atoms with van der Waals surface area (Å²) in [5, 5.41) is 11.8. The van der Waals surface area contributed by atoms with Crippen LogP contribution in [0.1, 0.15) is 52.9 Å². The number of allylic oxidation sites excluding steroid dienone is 4. The van der Waals surface area contributed by atoms with Crippen molar-refractivity contribution in [2.75, 3.05) is 6.61 Å². The standard InChI is InChI=1S/C26H38O6Si/c1-16(27)31-15-22(29)26(30)12-10-20-19-8-7-17-13-18(28)9-11-24(17,2)23(19)21(14-25(20,26)3)32-33(4,5)6/h9,11,13,19-21,23,30H,7-8,10,12,14-15H2,1-6H3. The van der Waals surface area contributed by atoms with Gasteiger partial charge in [-0.3, -0.25) is 14.4 Å². The fourth-order valence-electron chi connectivity index (χ4n) is 7.60. The van der Waals surface area contributed by atoms with Crippen LogP contribution in [0.5, 0.6) is 0 Å². The third-order valence-corrected chi connectivity index (χ3v) is 10.0. The summed E-state index contributed by atoms with van der Waals surface area (Å²) in [5.41, 5.74) is -1.26. The predicted molar refractivity (Wildman–Crippen MR) is 127 cm³/mol. The van der Waals surface area contributed by atoms with Crippen LogP contribution >= 0.6 is 0 Å². The van der Waals surface area contributed by atoms with E-state index in [9.17, 15) is 19.5 Å². The Kier molecular flexibility index (Phi) is 5.94. The number of carbonyl (C=O) groups is 3. The number of hydrogen-bond acceptors (Lipinski definition) is 6. The van der Waals surface area contributed by atoms with E-state index in [2.05, 4.69) is 32.6 Å². The van der Waals surface area contributed by atoms with Crippen LogP contribution in [0.15, 0.2) is 23.8 Å². The summed E-state index contributed by atoms with van der Waals surface area (Å²) in [6, 6.07) is 0. The lowest BCUT2D eigenvalue weighted by Gasteiger charge is -2.61. The minimum absolute atomic E-state index is 0.0514. The number of esters is 1. The van der Waals surface area contributed by atoms with Crippen molar-refractivity contribution in [2.24, 2.45) is 28.6 Å². The van der Waals surface area contributed by atoms with Gasteiger partial charge >= 0.3 is 5.97 Å². The van der Waals surface area contributed by atoms with Gasteiger partial charge < -0.3 is 14.3 Å². The molecule has 3 fully saturated rings. The second-order valence-electron chi connectivity index (χ2n) is 12.0. The van der Waals surface area contributed by atoms with Crippen LogP contribution < -0.4 is 0 Å². The highest BCUT2D eigenvalue weighted by Crippen LogP contribution is 2.67. The molecule has 0 aromatic carbocycles. The molecule has 0 radical (unpaired) electrons. The van der Waals surface area contributed by atoms with Gasteiger partial charge in [0, 0.05) is 23.9 Å². The Morgan fingerprint density at radius 1 is 1.21 bits per heavy atom. The molecule has 0 spiro atoms. The van der Waals surface area contributed by atoms with Gasteiger partial charge in [-0.15, -0.1) is 0 Å². The number of fused-ring (bicyclic) bond motifs is 5. The number of ether oxygens (including phenoxy) is 1. The first-order chi connectivity index (χ1) is 15.2. The van der Waals surface area contributed by atoms with Gasteiger partial charge in [-0.05, 0) is 81.7 Å². The van der Waals surface area contributed by atoms with Crippen LogP contribution in [-0.2, 0) is 23.5 Å². The van der Waals surface area contributed by atoms with Gasteiger partial charge in [0.2, 0.25) is 5.78 Å². The molecule has 7 heteroatoms. The minimum atomic E-state index is -1.95. The summed E-state index contributed by atoms with van der Waals surface area (Å²) >= 11 is 0. The van der Waals surface area contributed by atoms with Crippen LogP contribution in [0, 0.1) is 28.6 Å². The first-order valence-electron chi connectivity index (χ1n) is 12.2. The average Bonchev–Trinajstić information content (AvgIpc) is 2.97. The van der Waals surface area contributed by atoms with Crippen molar-refractivity contribution >= 4 is 25.9 Å². The van der Waals surface area contributed by atoms with Crippen molar-refractivity contribution in [3.63, 3.8) is 0 Å². The van der Waals surface area contributed by atoms with Crippen LogP contribution in [0.2, 0.25) is 19.6 Å². The van der Waals surface area contributed by atoms with Crippen molar-refractivity contribution in [1.82, 2.24) is 0 Å². The Labute approximate surface area is 197 Å². The Bertz CT molecular complexity index is 932. The zero-order chi connectivity index (χ0) is 24.4. The highest BCUT2D eigenvalue weighted by molar-refractivity contribution is 6.69. The molecule has 0 heterocycles. The summed E-state index contributed by atoms with van der Waals surface area (Å²) in [6.07, 6.45) is 8.95. The van der Waals surface area contributed by atoms with Gasteiger partial charge in [0.05, 0.1) is 0 Å². The number of rotatable bonds is 5. The molecule has 0 aliphatic heterocycles. The molecular weight excluding hydrogens is 436 g/mol. The van der Waals surface area contributed by atoms with E-state index in [-0.39, 0.29) is 35.1 Å². The normalized spacial score (nSPS) is 42.2. The lowest BCUT2D eigenvalue weighted by molar-refractivity contribution is -0.179. The van der Waals surface area contributed by atoms with Crippen molar-refractivity contribution < 1.29 is 28.7 Å². The van der Waals surface area contributed by atoms with Crippen molar-refractivity contribution in [2.45, 2.75) is 84.2 Å². The molecule has 4 aliphatic carbocycles. The maximum atomic E-state index is 13.2. The third kappa shape index (κ3) is 3.90. The molecule has 1 N–H and O–H groups in total. The van der Waals surface area contributed by atoms with E-state index in [1.165, 1.54) is 12.5 Å². The molecule has 182 valence electrons. The molecule has 0 aromatic heterocycles. The number of hydrogen-bond donors (Lipinski definition) is 1. The molecule has 7 atom stereocenters. The van der Waals surface area contributed by atoms with Gasteiger partial charge in [-0.2, -0.15) is 0 Å². The van der Waals surface area contributed by atoms with E-state index >= 15 is 0 Å². The van der Waals surface area contributed by atoms with Crippen LogP contribution in [-0.4, -0.2) is 49.3 Å². The maximum Gasteiger partial charge on any atom is 0.303 e. The third-order valence-electron chi connectivity index (χ3n) is 9.00. The van der Waals surface area contributed by atoms with Gasteiger partial charge in [0.15, 0.2) is 20.7 Å². The number of Topliss-reactive ketones (excluding diaryl/α,β-unsaturated/α-hetero) is 1. The molecule has 33 heavy (non-hydrogen) atoms. The summed E-state index contributed by atoms with van der Waals surface area (Å²) < 4.78 is 11.8. The zero-order valence-corrected chi connectivity index (χ0v) is 21.8. The molecule has 4 aliphatic rings. The number of carbonyl (C=O) groups excluding carboxylic acids is 3. The Morgan fingerprint density at radius 3 is 2.55 bits per heavy atom. The molecule has 0 aromatic rings. The molecule has 3 saturated carbocycles. The van der Waals surface area contributed by atoms with E-state index in [1.807, 2.05) is 13.0 Å². The Morgan fingerprint density at radius 2 is 1.91 bits per heavy atom. The molecule has 7 unspecified atom stereocenters. The highest BCUT2D eigenvalue weighted by Gasteiger charge is 2.68. The Balaban J connectivity index is 1.75. The van der Waals surface area contributed by atoms with E-state index in [4.69, 9.17) is 9.16 Å². The van der Waals surface area contributed by atoms with Crippen LogP contribution in [0.3, 0.4) is 0 Å². The van der Waals surface area contributed by atoms with E-state index in [0.29, 0.717) is 12.8 Å². The molecule has 4 rings (SSSR count). The second-order valence-corrected chi connectivity index (χ2v) is 16.5. The predicted octanol–water partition coefficient (Wildman–Crippen LogP) is 3.99. The van der Waals surface area contributed by atoms with Gasteiger partial charge in [-0.25, -0.2) is 0 Å². The lowest BCUT2D eigenvalue weighted by atomic mass is 9.46. The molecular formula is C26H38O6Si. The smallest absolute Gasteiger partial charge is 0.303 e. The monoisotopic (exact) mass is 474 g/mol. The number of aliphatic hydroxyl groups is 1. The van der Waals surface area contributed by atoms with Crippen molar-refractivity contribution in [3.8, 4) is 0 Å².